The van der Waals surface area contributed by atoms with Gasteiger partial charge < -0.3 is 4.74 Å². The maximum absolute atomic E-state index is 5.07. The molecule has 0 atom stereocenters. The van der Waals surface area contributed by atoms with E-state index in [9.17, 15) is 0 Å². The van der Waals surface area contributed by atoms with E-state index in [1.807, 2.05) is 12.1 Å². The number of aryl methyl sites for hydroxylation is 1. The van der Waals surface area contributed by atoms with Crippen molar-refractivity contribution in [2.75, 3.05) is 7.11 Å². The van der Waals surface area contributed by atoms with Crippen molar-refractivity contribution in [2.45, 2.75) is 32.6 Å². The van der Waals surface area contributed by atoms with E-state index in [2.05, 4.69) is 48.0 Å². The summed E-state index contributed by atoms with van der Waals surface area (Å²) >= 11 is 0. The third kappa shape index (κ3) is 4.96. The van der Waals surface area contributed by atoms with Crippen LogP contribution in [0.5, 0.6) is 5.75 Å². The molecular weight excluding hydrogens is 258 g/mol. The Bertz CT molecular complexity index is 603. The molecule has 108 valence electrons. The number of ether oxygens (including phenoxy) is 1. The lowest BCUT2D eigenvalue weighted by molar-refractivity contribution is 0.413. The van der Waals surface area contributed by atoms with Gasteiger partial charge in [-0.25, -0.2) is 4.98 Å². The first-order valence-corrected chi connectivity index (χ1v) is 7.43. The van der Waals surface area contributed by atoms with Crippen LogP contribution in [0.4, 0.5) is 0 Å². The Labute approximate surface area is 127 Å². The number of aromatic nitrogens is 1. The number of hydrogen-bond acceptors (Lipinski definition) is 2. The van der Waals surface area contributed by atoms with Crippen molar-refractivity contribution in [2.24, 2.45) is 0 Å². The third-order valence-electron chi connectivity index (χ3n) is 3.33. The quantitative estimate of drug-likeness (QED) is 0.604. The van der Waals surface area contributed by atoms with Gasteiger partial charge in [0.2, 0.25) is 0 Å². The van der Waals surface area contributed by atoms with E-state index >= 15 is 0 Å². The van der Waals surface area contributed by atoms with Crippen molar-refractivity contribution < 1.29 is 4.74 Å². The van der Waals surface area contributed by atoms with Crippen LogP contribution in [0.2, 0.25) is 0 Å². The van der Waals surface area contributed by atoms with Crippen LogP contribution in [-0.2, 0) is 6.42 Å². The number of benzene rings is 1. The number of rotatable bonds is 5. The van der Waals surface area contributed by atoms with E-state index in [4.69, 9.17) is 4.74 Å². The third-order valence-corrected chi connectivity index (χ3v) is 3.33. The maximum Gasteiger partial charge on any atom is 0.137 e. The minimum Gasteiger partial charge on any atom is -0.495 e. The number of methoxy groups -OCH3 is 1. The van der Waals surface area contributed by atoms with Crippen LogP contribution in [0.25, 0.3) is 0 Å². The summed E-state index contributed by atoms with van der Waals surface area (Å²) in [5, 5.41) is 0. The first-order valence-electron chi connectivity index (χ1n) is 7.43. The second-order valence-electron chi connectivity index (χ2n) is 4.99. The van der Waals surface area contributed by atoms with Gasteiger partial charge in [0.05, 0.1) is 13.3 Å². The Morgan fingerprint density at radius 3 is 2.43 bits per heavy atom. The number of unbranched alkanes of at least 4 members (excludes halogenated alkanes) is 2. The average molecular weight is 279 g/mol. The average Bonchev–Trinajstić information content (AvgIpc) is 2.55. The van der Waals surface area contributed by atoms with Crippen LogP contribution < -0.4 is 4.74 Å². The van der Waals surface area contributed by atoms with Gasteiger partial charge in [0.15, 0.2) is 0 Å². The summed E-state index contributed by atoms with van der Waals surface area (Å²) < 4.78 is 5.07. The predicted molar refractivity (Wildman–Crippen MR) is 86.4 cm³/mol. The van der Waals surface area contributed by atoms with Crippen molar-refractivity contribution in [1.29, 1.82) is 0 Å². The van der Waals surface area contributed by atoms with Crippen LogP contribution in [-0.4, -0.2) is 12.1 Å². The van der Waals surface area contributed by atoms with Gasteiger partial charge in [0.1, 0.15) is 11.4 Å². The van der Waals surface area contributed by atoms with Gasteiger partial charge in [-0.3, -0.25) is 0 Å². The fourth-order valence-electron chi connectivity index (χ4n) is 2.05. The molecule has 1 aromatic carbocycles. The smallest absolute Gasteiger partial charge is 0.137 e. The topological polar surface area (TPSA) is 22.1 Å². The highest BCUT2D eigenvalue weighted by atomic mass is 16.5. The normalized spacial score (nSPS) is 9.81. The standard InChI is InChI=1S/C19H21NO/c1-3-4-5-6-16-7-9-17(10-8-16)11-12-18-13-14-19(21-2)15-20-18/h7-10,13-15H,3-6H2,1-2H3. The molecule has 2 aromatic rings. The molecule has 21 heavy (non-hydrogen) atoms. The summed E-state index contributed by atoms with van der Waals surface area (Å²) in [6, 6.07) is 12.2. The summed E-state index contributed by atoms with van der Waals surface area (Å²) in [5.41, 5.74) is 3.16. The van der Waals surface area contributed by atoms with Gasteiger partial charge in [-0.2, -0.15) is 0 Å². The fourth-order valence-corrected chi connectivity index (χ4v) is 2.05. The Balaban J connectivity index is 1.98. The van der Waals surface area contributed by atoms with Crippen molar-refractivity contribution >= 4 is 0 Å². The Kier molecular flexibility index (Phi) is 5.84. The largest absolute Gasteiger partial charge is 0.495 e. The Morgan fingerprint density at radius 2 is 1.81 bits per heavy atom. The molecule has 0 radical (unpaired) electrons. The maximum atomic E-state index is 5.07. The number of hydrogen-bond donors (Lipinski definition) is 0. The first-order chi connectivity index (χ1) is 10.3. The molecule has 1 aromatic heterocycles. The number of pyridine rings is 1. The monoisotopic (exact) mass is 279 g/mol. The summed E-state index contributed by atoms with van der Waals surface area (Å²) in [7, 11) is 1.63. The van der Waals surface area contributed by atoms with Crippen molar-refractivity contribution in [1.82, 2.24) is 4.98 Å². The van der Waals surface area contributed by atoms with E-state index in [1.165, 1.54) is 24.8 Å². The lowest BCUT2D eigenvalue weighted by atomic mass is 10.1. The van der Waals surface area contributed by atoms with Gasteiger partial charge in [-0.05, 0) is 48.6 Å². The van der Waals surface area contributed by atoms with Crippen LogP contribution in [0.15, 0.2) is 42.6 Å². The molecule has 2 heteroatoms. The molecule has 0 aliphatic carbocycles. The summed E-state index contributed by atoms with van der Waals surface area (Å²) in [5.74, 6) is 6.95. The molecule has 2 nitrogen and oxygen atoms in total. The van der Waals surface area contributed by atoms with E-state index in [1.54, 1.807) is 13.3 Å². The lowest BCUT2D eigenvalue weighted by Gasteiger charge is -2.00. The summed E-state index contributed by atoms with van der Waals surface area (Å²) in [6.07, 6.45) is 6.66. The van der Waals surface area contributed by atoms with E-state index in [-0.39, 0.29) is 0 Å². The van der Waals surface area contributed by atoms with Gasteiger partial charge in [0.25, 0.3) is 0 Å². The number of nitrogens with zero attached hydrogens (tertiary/aromatic N) is 1. The Hall–Kier alpha value is -2.27. The van der Waals surface area contributed by atoms with Crippen LogP contribution >= 0.6 is 0 Å². The Morgan fingerprint density at radius 1 is 1.00 bits per heavy atom. The van der Waals surface area contributed by atoms with E-state index in [0.717, 1.165) is 23.4 Å². The van der Waals surface area contributed by atoms with Crippen LogP contribution in [0.1, 0.15) is 43.0 Å². The minimum absolute atomic E-state index is 0.747. The van der Waals surface area contributed by atoms with Crippen molar-refractivity contribution in [3.63, 3.8) is 0 Å². The van der Waals surface area contributed by atoms with E-state index < -0.39 is 0 Å². The molecule has 0 aliphatic rings. The molecule has 0 aliphatic heterocycles. The molecular formula is C19H21NO. The molecule has 0 bridgehead atoms. The molecule has 0 saturated carbocycles. The predicted octanol–water partition coefficient (Wildman–Crippen LogP) is 4.22. The van der Waals surface area contributed by atoms with E-state index in [0.29, 0.717) is 0 Å². The zero-order valence-electron chi connectivity index (χ0n) is 12.7. The highest BCUT2D eigenvalue weighted by molar-refractivity contribution is 5.41. The highest BCUT2D eigenvalue weighted by Crippen LogP contribution is 2.09. The zero-order chi connectivity index (χ0) is 14.9. The van der Waals surface area contributed by atoms with Gasteiger partial charge >= 0.3 is 0 Å². The zero-order valence-corrected chi connectivity index (χ0v) is 12.7. The van der Waals surface area contributed by atoms with Gasteiger partial charge in [0, 0.05) is 5.56 Å². The first kappa shape index (κ1) is 15.1. The summed E-state index contributed by atoms with van der Waals surface area (Å²) in [4.78, 5) is 4.23. The van der Waals surface area contributed by atoms with Crippen molar-refractivity contribution in [3.8, 4) is 17.6 Å². The second-order valence-corrected chi connectivity index (χ2v) is 4.99. The van der Waals surface area contributed by atoms with Gasteiger partial charge in [-0.1, -0.05) is 37.8 Å². The molecule has 0 spiro atoms. The molecule has 0 amide bonds. The molecule has 0 unspecified atom stereocenters. The minimum atomic E-state index is 0.747. The molecule has 1 heterocycles. The van der Waals surface area contributed by atoms with Crippen LogP contribution in [0, 0.1) is 11.8 Å². The second kappa shape index (κ2) is 8.11. The van der Waals surface area contributed by atoms with Gasteiger partial charge in [-0.15, -0.1) is 0 Å². The van der Waals surface area contributed by atoms with Crippen LogP contribution in [0.3, 0.4) is 0 Å². The van der Waals surface area contributed by atoms with Crippen molar-refractivity contribution in [3.05, 3.63) is 59.4 Å². The molecule has 0 N–H and O–H groups in total. The molecule has 2 rings (SSSR count). The summed E-state index contributed by atoms with van der Waals surface area (Å²) in [6.45, 7) is 2.23. The molecule has 0 saturated heterocycles. The lowest BCUT2D eigenvalue weighted by Crippen LogP contribution is -1.87. The molecule has 0 fully saturated rings. The highest BCUT2D eigenvalue weighted by Gasteiger charge is 1.94. The SMILES string of the molecule is CCCCCc1ccc(C#Cc2ccc(OC)cn2)cc1. The fraction of sp³-hybridized carbons (Fsp3) is 0.316.